The van der Waals surface area contributed by atoms with Crippen molar-refractivity contribution in [3.8, 4) is 0 Å². The predicted octanol–water partition coefficient (Wildman–Crippen LogP) is 5.51. The second kappa shape index (κ2) is 12.8. The molecule has 3 aliphatic heterocycles. The molecule has 7 nitrogen and oxygen atoms in total. The highest BCUT2D eigenvalue weighted by molar-refractivity contribution is 7.80. The van der Waals surface area contributed by atoms with Gasteiger partial charge in [-0.05, 0) is 73.9 Å². The van der Waals surface area contributed by atoms with Crippen molar-refractivity contribution in [2.24, 2.45) is 11.8 Å². The molecule has 2 N–H and O–H groups in total. The quantitative estimate of drug-likeness (QED) is 0.453. The zero-order valence-corrected chi connectivity index (χ0v) is 24.2. The zero-order valence-electron chi connectivity index (χ0n) is 23.4. The molecule has 2 atom stereocenters. The van der Waals surface area contributed by atoms with Crippen LogP contribution >= 0.6 is 12.2 Å². The van der Waals surface area contributed by atoms with Crippen molar-refractivity contribution in [2.45, 2.75) is 64.2 Å². The fourth-order valence-electron chi connectivity index (χ4n) is 6.48. The molecule has 4 heterocycles. The molecule has 3 saturated heterocycles. The van der Waals surface area contributed by atoms with Crippen LogP contribution in [0.3, 0.4) is 0 Å². The number of rotatable bonds is 6. The maximum absolute atomic E-state index is 13.6. The number of thiocarbonyl (C=S) groups is 1. The summed E-state index contributed by atoms with van der Waals surface area (Å²) >= 11 is 5.76. The van der Waals surface area contributed by atoms with Crippen LogP contribution in [-0.4, -0.2) is 61.0 Å². The SMILES string of the molecule is CC1CC(C)CN(c2cc(N3CCCCCC3)nc(NC(=S)NCC3(c4ccc(F)cc4)CCOCC3)n2)C1. The first-order valence-electron chi connectivity index (χ1n) is 14.7. The van der Waals surface area contributed by atoms with Crippen molar-refractivity contribution in [1.29, 1.82) is 0 Å². The van der Waals surface area contributed by atoms with Crippen LogP contribution in [0.15, 0.2) is 30.3 Å². The Labute approximate surface area is 237 Å². The molecular weight excluding hydrogens is 511 g/mol. The summed E-state index contributed by atoms with van der Waals surface area (Å²) in [5.41, 5.74) is 0.940. The summed E-state index contributed by atoms with van der Waals surface area (Å²) < 4.78 is 19.3. The summed E-state index contributed by atoms with van der Waals surface area (Å²) in [6.45, 7) is 10.7. The van der Waals surface area contributed by atoms with Crippen LogP contribution in [0.1, 0.15) is 64.4 Å². The van der Waals surface area contributed by atoms with Gasteiger partial charge < -0.3 is 25.2 Å². The molecule has 212 valence electrons. The van der Waals surface area contributed by atoms with Gasteiger partial charge in [0.15, 0.2) is 5.11 Å². The summed E-state index contributed by atoms with van der Waals surface area (Å²) in [6, 6.07) is 9.02. The standard InChI is InChI=1S/C30H43FN6OS/c1-22-17-23(2)20-37(19-22)27-18-26(36-13-5-3-4-6-14-36)33-28(34-27)35-29(39)32-21-30(11-15-38-16-12-30)24-7-9-25(31)10-8-24/h7-10,18,22-23H,3-6,11-17,19-21H2,1-2H3,(H2,32,33,34,35,39). The molecule has 3 fully saturated rings. The fourth-order valence-corrected chi connectivity index (χ4v) is 6.64. The number of benzene rings is 1. The van der Waals surface area contributed by atoms with Crippen LogP contribution < -0.4 is 20.4 Å². The van der Waals surface area contributed by atoms with E-state index < -0.39 is 0 Å². The van der Waals surface area contributed by atoms with E-state index in [-0.39, 0.29) is 11.2 Å². The van der Waals surface area contributed by atoms with Crippen LogP contribution in [0.4, 0.5) is 22.0 Å². The van der Waals surface area contributed by atoms with Gasteiger partial charge in [-0.1, -0.05) is 38.8 Å². The van der Waals surface area contributed by atoms with Crippen LogP contribution in [0.5, 0.6) is 0 Å². The van der Waals surface area contributed by atoms with Crippen LogP contribution in [-0.2, 0) is 10.2 Å². The molecule has 0 bridgehead atoms. The first-order chi connectivity index (χ1) is 18.9. The Morgan fingerprint density at radius 2 is 1.59 bits per heavy atom. The molecule has 0 spiro atoms. The lowest BCUT2D eigenvalue weighted by Gasteiger charge is -2.38. The van der Waals surface area contributed by atoms with Gasteiger partial charge in [-0.25, -0.2) is 4.39 Å². The van der Waals surface area contributed by atoms with Crippen molar-refractivity contribution < 1.29 is 9.13 Å². The second-order valence-electron chi connectivity index (χ2n) is 11.9. The Bertz CT molecular complexity index is 1090. The van der Waals surface area contributed by atoms with Crippen LogP contribution in [0.2, 0.25) is 0 Å². The zero-order chi connectivity index (χ0) is 27.2. The number of aromatic nitrogens is 2. The number of ether oxygens (including phenoxy) is 1. The van der Waals surface area contributed by atoms with E-state index in [2.05, 4.69) is 40.3 Å². The van der Waals surface area contributed by atoms with Crippen LogP contribution in [0.25, 0.3) is 0 Å². The third kappa shape index (κ3) is 7.17. The third-order valence-corrected chi connectivity index (χ3v) is 8.79. The highest BCUT2D eigenvalue weighted by Crippen LogP contribution is 2.34. The second-order valence-corrected chi connectivity index (χ2v) is 12.3. The van der Waals surface area contributed by atoms with Crippen molar-refractivity contribution in [3.05, 3.63) is 41.7 Å². The summed E-state index contributed by atoms with van der Waals surface area (Å²) in [6.07, 6.45) is 7.88. The van der Waals surface area contributed by atoms with Gasteiger partial charge in [0.1, 0.15) is 17.5 Å². The summed E-state index contributed by atoms with van der Waals surface area (Å²) in [4.78, 5) is 14.7. The molecule has 39 heavy (non-hydrogen) atoms. The fraction of sp³-hybridized carbons (Fsp3) is 0.633. The Hall–Kier alpha value is -2.52. The van der Waals surface area contributed by atoms with Gasteiger partial charge in [0.05, 0.1) is 0 Å². The molecule has 0 amide bonds. The molecule has 0 saturated carbocycles. The van der Waals surface area contributed by atoms with Gasteiger partial charge in [-0.15, -0.1) is 0 Å². The summed E-state index contributed by atoms with van der Waals surface area (Å²) in [5, 5.41) is 7.25. The van der Waals surface area contributed by atoms with Gasteiger partial charge in [-0.2, -0.15) is 9.97 Å². The van der Waals surface area contributed by atoms with Crippen molar-refractivity contribution >= 4 is 34.9 Å². The lowest BCUT2D eigenvalue weighted by Crippen LogP contribution is -2.45. The Kier molecular flexibility index (Phi) is 9.17. The highest BCUT2D eigenvalue weighted by atomic mass is 32.1. The number of halogens is 1. The molecule has 3 aliphatic rings. The van der Waals surface area contributed by atoms with Gasteiger partial charge in [0.25, 0.3) is 0 Å². The van der Waals surface area contributed by atoms with Crippen molar-refractivity contribution in [3.63, 3.8) is 0 Å². The van der Waals surface area contributed by atoms with Gasteiger partial charge in [0, 0.05) is 57.4 Å². The highest BCUT2D eigenvalue weighted by Gasteiger charge is 2.35. The minimum Gasteiger partial charge on any atom is -0.381 e. The molecule has 9 heteroatoms. The van der Waals surface area contributed by atoms with Crippen molar-refractivity contribution in [2.75, 3.05) is 61.1 Å². The number of nitrogens with zero attached hydrogens (tertiary/aromatic N) is 4. The molecule has 0 radical (unpaired) electrons. The number of hydrogen-bond donors (Lipinski definition) is 2. The monoisotopic (exact) mass is 554 g/mol. The molecule has 1 aromatic heterocycles. The van der Waals surface area contributed by atoms with E-state index in [4.69, 9.17) is 26.9 Å². The Morgan fingerprint density at radius 3 is 2.23 bits per heavy atom. The van der Waals surface area contributed by atoms with Crippen LogP contribution in [0, 0.1) is 17.7 Å². The Morgan fingerprint density at radius 1 is 0.974 bits per heavy atom. The maximum atomic E-state index is 13.6. The first-order valence-corrected chi connectivity index (χ1v) is 15.1. The minimum atomic E-state index is -0.221. The molecule has 0 aliphatic carbocycles. The largest absolute Gasteiger partial charge is 0.381 e. The molecule has 2 unspecified atom stereocenters. The Balaban J connectivity index is 1.34. The normalized spacial score (nSPS) is 23.7. The van der Waals surface area contributed by atoms with E-state index in [0.717, 1.165) is 56.2 Å². The van der Waals surface area contributed by atoms with E-state index >= 15 is 0 Å². The minimum absolute atomic E-state index is 0.169. The average molecular weight is 555 g/mol. The number of nitrogens with one attached hydrogen (secondary N) is 2. The van der Waals surface area contributed by atoms with Gasteiger partial charge in [0.2, 0.25) is 5.95 Å². The van der Waals surface area contributed by atoms with E-state index in [1.807, 2.05) is 12.1 Å². The van der Waals surface area contributed by atoms with Crippen molar-refractivity contribution in [1.82, 2.24) is 15.3 Å². The van der Waals surface area contributed by atoms with E-state index in [0.29, 0.717) is 42.7 Å². The summed E-state index contributed by atoms with van der Waals surface area (Å²) in [7, 11) is 0. The van der Waals surface area contributed by atoms with E-state index in [1.54, 1.807) is 0 Å². The average Bonchev–Trinajstić information content (AvgIpc) is 3.22. The van der Waals surface area contributed by atoms with E-state index in [9.17, 15) is 4.39 Å². The lowest BCUT2D eigenvalue weighted by molar-refractivity contribution is 0.0515. The smallest absolute Gasteiger partial charge is 0.232 e. The number of hydrogen-bond acceptors (Lipinski definition) is 6. The predicted molar refractivity (Wildman–Crippen MR) is 160 cm³/mol. The summed E-state index contributed by atoms with van der Waals surface area (Å²) in [5.74, 6) is 3.53. The molecule has 5 rings (SSSR count). The van der Waals surface area contributed by atoms with E-state index in [1.165, 1.54) is 44.2 Å². The van der Waals surface area contributed by atoms with Gasteiger partial charge in [-0.3, -0.25) is 0 Å². The maximum Gasteiger partial charge on any atom is 0.232 e. The topological polar surface area (TPSA) is 65.5 Å². The number of anilines is 3. The molecule has 2 aromatic rings. The first kappa shape index (κ1) is 28.0. The lowest BCUT2D eigenvalue weighted by atomic mass is 9.74. The van der Waals surface area contributed by atoms with Gasteiger partial charge >= 0.3 is 0 Å². The molecule has 1 aromatic carbocycles. The molecular formula is C30H43FN6OS. The third-order valence-electron chi connectivity index (χ3n) is 8.54. The number of piperidine rings is 1.